The van der Waals surface area contributed by atoms with Gasteiger partial charge in [-0.2, -0.15) is 0 Å². The van der Waals surface area contributed by atoms with Crippen LogP contribution in [0.25, 0.3) is 6.08 Å². The van der Waals surface area contributed by atoms with Crippen molar-refractivity contribution in [1.29, 1.82) is 0 Å². The van der Waals surface area contributed by atoms with Crippen LogP contribution >= 0.6 is 0 Å². The number of hydrogen-bond acceptors (Lipinski definition) is 3. The molecule has 1 aliphatic rings. The topological polar surface area (TPSA) is 66.5 Å². The number of hydrogen-bond donors (Lipinski definition) is 1. The number of carbonyl (C=O) groups excluding carboxylic acids is 3. The van der Waals surface area contributed by atoms with Crippen LogP contribution in [0.5, 0.6) is 0 Å². The number of urea groups is 1. The largest absolute Gasteiger partial charge is 0.331 e. The molecule has 0 saturated carbocycles. The van der Waals surface area contributed by atoms with Crippen molar-refractivity contribution in [1.82, 2.24) is 10.2 Å². The van der Waals surface area contributed by atoms with Crippen LogP contribution in [-0.2, 0) is 16.1 Å². The third kappa shape index (κ3) is 3.90. The number of imide groups is 2. The van der Waals surface area contributed by atoms with Gasteiger partial charge >= 0.3 is 6.03 Å². The van der Waals surface area contributed by atoms with Crippen LogP contribution in [0.1, 0.15) is 11.1 Å². The Kier molecular flexibility index (Phi) is 4.85. The van der Waals surface area contributed by atoms with Crippen molar-refractivity contribution in [3.05, 3.63) is 89.5 Å². The molecule has 1 saturated heterocycles. The quantitative estimate of drug-likeness (QED) is 0.691. The lowest BCUT2D eigenvalue weighted by Gasteiger charge is -2.26. The second-order valence-electron chi connectivity index (χ2n) is 5.49. The van der Waals surface area contributed by atoms with Gasteiger partial charge in [-0.3, -0.25) is 19.8 Å². The van der Waals surface area contributed by atoms with Crippen molar-refractivity contribution in [3.8, 4) is 0 Å². The molecule has 4 amide bonds. The number of barbiturate groups is 1. The van der Waals surface area contributed by atoms with Gasteiger partial charge in [-0.25, -0.2) is 4.79 Å². The molecule has 1 fully saturated rings. The molecule has 5 nitrogen and oxygen atoms in total. The maximum absolute atomic E-state index is 12.5. The maximum atomic E-state index is 12.5. The fraction of sp³-hybridized carbons (Fsp3) is 0.0500. The Labute approximate surface area is 145 Å². The first-order chi connectivity index (χ1) is 12.1. The summed E-state index contributed by atoms with van der Waals surface area (Å²) in [6, 6.07) is 17.9. The van der Waals surface area contributed by atoms with E-state index in [2.05, 4.69) is 5.32 Å². The summed E-state index contributed by atoms with van der Waals surface area (Å²) >= 11 is 0. The van der Waals surface area contributed by atoms with Gasteiger partial charge in [0, 0.05) is 0 Å². The molecule has 2 aromatic rings. The number of carbonyl (C=O) groups is 3. The van der Waals surface area contributed by atoms with Gasteiger partial charge in [-0.05, 0) is 17.2 Å². The van der Waals surface area contributed by atoms with Gasteiger partial charge in [0.25, 0.3) is 11.8 Å². The molecule has 1 N–H and O–H groups in total. The zero-order chi connectivity index (χ0) is 17.6. The predicted octanol–water partition coefficient (Wildman–Crippen LogP) is 2.90. The fourth-order valence-electron chi connectivity index (χ4n) is 2.44. The Hall–Kier alpha value is -3.47. The molecule has 5 heteroatoms. The van der Waals surface area contributed by atoms with E-state index >= 15 is 0 Å². The van der Waals surface area contributed by atoms with Crippen molar-refractivity contribution in [2.45, 2.75) is 6.54 Å². The van der Waals surface area contributed by atoms with Crippen LogP contribution in [0.3, 0.4) is 0 Å². The number of benzene rings is 2. The summed E-state index contributed by atoms with van der Waals surface area (Å²) in [5.74, 6) is -1.28. The highest BCUT2D eigenvalue weighted by Crippen LogP contribution is 2.14. The van der Waals surface area contributed by atoms with Gasteiger partial charge in [-0.1, -0.05) is 72.8 Å². The Morgan fingerprint density at radius 1 is 0.880 bits per heavy atom. The minimum Gasteiger partial charge on any atom is -0.273 e. The van der Waals surface area contributed by atoms with Gasteiger partial charge in [0.05, 0.1) is 6.54 Å². The molecular formula is C20H16N2O3. The SMILES string of the molecule is O=C1NC(=O)N(Cc2ccccc2)C(=O)C1=CC=Cc1ccccc1. The van der Waals surface area contributed by atoms with E-state index in [0.717, 1.165) is 16.0 Å². The number of nitrogens with one attached hydrogen (secondary N) is 1. The molecule has 0 aliphatic carbocycles. The summed E-state index contributed by atoms with van der Waals surface area (Å²) in [7, 11) is 0. The molecule has 2 aromatic carbocycles. The van der Waals surface area contributed by atoms with E-state index in [-0.39, 0.29) is 12.1 Å². The number of rotatable bonds is 4. The Morgan fingerprint density at radius 3 is 2.20 bits per heavy atom. The Balaban J connectivity index is 1.80. The minimum absolute atomic E-state index is 0.0669. The first-order valence-corrected chi connectivity index (χ1v) is 7.79. The Bertz CT molecular complexity index is 855. The van der Waals surface area contributed by atoms with Crippen molar-refractivity contribution in [2.24, 2.45) is 0 Å². The zero-order valence-electron chi connectivity index (χ0n) is 13.4. The van der Waals surface area contributed by atoms with E-state index in [0.29, 0.717) is 0 Å². The lowest BCUT2D eigenvalue weighted by Crippen LogP contribution is -2.53. The summed E-state index contributed by atoms with van der Waals surface area (Å²) in [6.45, 7) is 0.110. The van der Waals surface area contributed by atoms with E-state index in [4.69, 9.17) is 0 Å². The molecule has 0 spiro atoms. The summed E-state index contributed by atoms with van der Waals surface area (Å²) in [5.41, 5.74) is 1.68. The van der Waals surface area contributed by atoms with Crippen molar-refractivity contribution >= 4 is 23.9 Å². The average molecular weight is 332 g/mol. The smallest absolute Gasteiger partial charge is 0.273 e. The Morgan fingerprint density at radius 2 is 1.52 bits per heavy atom. The standard InChI is InChI=1S/C20H16N2O3/c23-18-17(13-7-12-15-8-3-1-4-9-15)19(24)22(20(25)21-18)14-16-10-5-2-6-11-16/h1-13H,14H2,(H,21,23,25). The molecule has 0 unspecified atom stereocenters. The fourth-order valence-corrected chi connectivity index (χ4v) is 2.44. The molecule has 0 bridgehead atoms. The normalized spacial score (nSPS) is 16.6. The van der Waals surface area contributed by atoms with E-state index in [1.165, 1.54) is 6.08 Å². The second kappa shape index (κ2) is 7.40. The molecule has 1 aliphatic heterocycles. The van der Waals surface area contributed by atoms with Crippen LogP contribution in [0.4, 0.5) is 4.79 Å². The van der Waals surface area contributed by atoms with Gasteiger partial charge in [0.2, 0.25) is 0 Å². The highest BCUT2D eigenvalue weighted by Gasteiger charge is 2.35. The van der Waals surface area contributed by atoms with Crippen LogP contribution < -0.4 is 5.32 Å². The number of nitrogens with zero attached hydrogens (tertiary/aromatic N) is 1. The van der Waals surface area contributed by atoms with Gasteiger partial charge < -0.3 is 0 Å². The van der Waals surface area contributed by atoms with Crippen molar-refractivity contribution < 1.29 is 14.4 Å². The van der Waals surface area contributed by atoms with Crippen LogP contribution in [-0.4, -0.2) is 22.7 Å². The summed E-state index contributed by atoms with van der Waals surface area (Å²) in [5, 5.41) is 2.20. The third-order valence-corrected chi connectivity index (χ3v) is 3.72. The average Bonchev–Trinajstić information content (AvgIpc) is 2.63. The van der Waals surface area contributed by atoms with Crippen LogP contribution in [0, 0.1) is 0 Å². The summed E-state index contributed by atoms with van der Waals surface area (Å²) in [6.07, 6.45) is 4.83. The first kappa shape index (κ1) is 16.4. The highest BCUT2D eigenvalue weighted by molar-refractivity contribution is 6.28. The number of amides is 4. The lowest BCUT2D eigenvalue weighted by molar-refractivity contribution is -0.130. The van der Waals surface area contributed by atoms with E-state index in [1.807, 2.05) is 60.7 Å². The monoisotopic (exact) mass is 332 g/mol. The molecule has 0 aromatic heterocycles. The molecule has 0 radical (unpaired) electrons. The van der Waals surface area contributed by atoms with E-state index < -0.39 is 17.8 Å². The molecule has 124 valence electrons. The van der Waals surface area contributed by atoms with Crippen LogP contribution in [0.2, 0.25) is 0 Å². The molecule has 1 heterocycles. The minimum atomic E-state index is -0.706. The predicted molar refractivity (Wildman–Crippen MR) is 94.1 cm³/mol. The van der Waals surface area contributed by atoms with Crippen molar-refractivity contribution in [2.75, 3.05) is 0 Å². The second-order valence-corrected chi connectivity index (χ2v) is 5.49. The summed E-state index contributed by atoms with van der Waals surface area (Å²) < 4.78 is 0. The lowest BCUT2D eigenvalue weighted by atomic mass is 10.1. The van der Waals surface area contributed by atoms with E-state index in [1.54, 1.807) is 12.2 Å². The molecule has 25 heavy (non-hydrogen) atoms. The van der Waals surface area contributed by atoms with Gasteiger partial charge in [0.15, 0.2) is 0 Å². The maximum Gasteiger partial charge on any atom is 0.331 e. The zero-order valence-corrected chi connectivity index (χ0v) is 13.4. The van der Waals surface area contributed by atoms with Crippen molar-refractivity contribution in [3.63, 3.8) is 0 Å². The van der Waals surface area contributed by atoms with E-state index in [9.17, 15) is 14.4 Å². The van der Waals surface area contributed by atoms with Gasteiger partial charge in [-0.15, -0.1) is 0 Å². The summed E-state index contributed by atoms with van der Waals surface area (Å²) in [4.78, 5) is 37.5. The molecule has 3 rings (SSSR count). The van der Waals surface area contributed by atoms with Crippen LogP contribution in [0.15, 0.2) is 78.4 Å². The first-order valence-electron chi connectivity index (χ1n) is 7.79. The highest BCUT2D eigenvalue weighted by atomic mass is 16.2. The molecular weight excluding hydrogens is 316 g/mol. The number of allylic oxidation sites excluding steroid dienone is 2. The molecule has 0 atom stereocenters. The third-order valence-electron chi connectivity index (χ3n) is 3.72. The van der Waals surface area contributed by atoms with Gasteiger partial charge in [0.1, 0.15) is 5.57 Å².